The molecule has 1 aromatic heterocycles. The minimum Gasteiger partial charge on any atom is -0.236 e. The van der Waals surface area contributed by atoms with E-state index < -0.39 is 0 Å². The minimum absolute atomic E-state index is 0.594. The number of rotatable bonds is 3. The fraction of sp³-hybridized carbons (Fsp3) is 0.0588. The predicted molar refractivity (Wildman–Crippen MR) is 85.5 cm³/mol. The number of aromatic nitrogens is 1. The van der Waals surface area contributed by atoms with E-state index in [0.29, 0.717) is 5.69 Å². The molecule has 1 heterocycles. The number of hydrogen-bond acceptors (Lipinski definition) is 4. The van der Waals surface area contributed by atoms with E-state index in [1.165, 1.54) is 4.88 Å². The molecule has 0 saturated heterocycles. The van der Waals surface area contributed by atoms with Gasteiger partial charge in [0.25, 0.3) is 0 Å². The minimum atomic E-state index is 0.594. The van der Waals surface area contributed by atoms with Crippen LogP contribution >= 0.6 is 11.3 Å². The van der Waals surface area contributed by atoms with Crippen molar-refractivity contribution < 1.29 is 4.79 Å². The van der Waals surface area contributed by atoms with E-state index in [2.05, 4.69) is 24.0 Å². The van der Waals surface area contributed by atoms with E-state index in [-0.39, 0.29) is 0 Å². The Hall–Kier alpha value is -2.55. The summed E-state index contributed by atoms with van der Waals surface area (Å²) in [6.07, 6.45) is 1.56. The average Bonchev–Trinajstić information content (AvgIpc) is 2.91. The van der Waals surface area contributed by atoms with Crippen molar-refractivity contribution in [1.82, 2.24) is 4.98 Å². The van der Waals surface area contributed by atoms with Crippen molar-refractivity contribution in [2.24, 2.45) is 4.99 Å². The normalized spacial score (nSPS) is 10.1. The third-order valence-electron chi connectivity index (χ3n) is 3.11. The van der Waals surface area contributed by atoms with Crippen LogP contribution in [-0.2, 0) is 4.79 Å². The van der Waals surface area contributed by atoms with Gasteiger partial charge in [0, 0.05) is 16.0 Å². The summed E-state index contributed by atoms with van der Waals surface area (Å²) in [4.78, 5) is 19.9. The summed E-state index contributed by atoms with van der Waals surface area (Å²) in [7, 11) is 0. The Bertz CT molecular complexity index is 818. The summed E-state index contributed by atoms with van der Waals surface area (Å²) in [5.74, 6) is 0. The highest BCUT2D eigenvalue weighted by molar-refractivity contribution is 7.15. The lowest BCUT2D eigenvalue weighted by molar-refractivity contribution is 0.565. The topological polar surface area (TPSA) is 42.3 Å². The third-order valence-corrected chi connectivity index (χ3v) is 4.13. The molecule has 0 atom stereocenters. The Balaban J connectivity index is 2.05. The lowest BCUT2D eigenvalue weighted by Gasteiger charge is -1.98. The second kappa shape index (κ2) is 5.83. The molecule has 0 aliphatic heterocycles. The number of nitrogens with zero attached hydrogens (tertiary/aromatic N) is 2. The van der Waals surface area contributed by atoms with E-state index in [1.807, 2.05) is 36.4 Å². The first-order valence-corrected chi connectivity index (χ1v) is 7.31. The fourth-order valence-electron chi connectivity index (χ4n) is 2.14. The first-order chi connectivity index (χ1) is 10.3. The van der Waals surface area contributed by atoms with E-state index in [9.17, 15) is 4.79 Å². The molecule has 0 spiro atoms. The van der Waals surface area contributed by atoms with Crippen LogP contribution in [0, 0.1) is 6.92 Å². The maximum absolute atomic E-state index is 10.4. The zero-order valence-corrected chi connectivity index (χ0v) is 12.2. The van der Waals surface area contributed by atoms with E-state index in [4.69, 9.17) is 4.98 Å². The van der Waals surface area contributed by atoms with Crippen LogP contribution in [0.1, 0.15) is 4.88 Å². The van der Waals surface area contributed by atoms with Gasteiger partial charge in [-0.3, -0.25) is 0 Å². The van der Waals surface area contributed by atoms with Crippen LogP contribution in [0.5, 0.6) is 0 Å². The molecular weight excluding hydrogens is 280 g/mol. The molecule has 0 bridgehead atoms. The van der Waals surface area contributed by atoms with Gasteiger partial charge in [0.1, 0.15) is 5.01 Å². The Kier molecular flexibility index (Phi) is 3.73. The van der Waals surface area contributed by atoms with Crippen LogP contribution < -0.4 is 0 Å². The van der Waals surface area contributed by atoms with Crippen molar-refractivity contribution in [3.8, 4) is 21.8 Å². The molecule has 21 heavy (non-hydrogen) atoms. The van der Waals surface area contributed by atoms with Crippen LogP contribution in [0.15, 0.2) is 59.6 Å². The molecule has 2 aromatic carbocycles. The first-order valence-electron chi connectivity index (χ1n) is 6.49. The molecule has 0 amide bonds. The molecule has 3 aromatic rings. The Labute approximate surface area is 126 Å². The lowest BCUT2D eigenvalue weighted by atomic mass is 10.1. The molecule has 0 N–H and O–H groups in total. The predicted octanol–water partition coefficient (Wildman–Crippen LogP) is 4.75. The summed E-state index contributed by atoms with van der Waals surface area (Å²) in [6, 6.07) is 17.6. The highest BCUT2D eigenvalue weighted by Crippen LogP contribution is 2.34. The number of aliphatic imine (C=N–C) groups is 1. The third kappa shape index (κ3) is 2.82. The highest BCUT2D eigenvalue weighted by atomic mass is 32.1. The van der Waals surface area contributed by atoms with Crippen LogP contribution in [0.3, 0.4) is 0 Å². The molecule has 3 nitrogen and oxygen atoms in total. The number of thiazole rings is 1. The maximum atomic E-state index is 10.4. The average molecular weight is 292 g/mol. The zero-order valence-electron chi connectivity index (χ0n) is 11.4. The number of benzene rings is 2. The van der Waals surface area contributed by atoms with E-state index in [0.717, 1.165) is 21.8 Å². The van der Waals surface area contributed by atoms with E-state index >= 15 is 0 Å². The molecule has 0 radical (unpaired) electrons. The van der Waals surface area contributed by atoms with Crippen LogP contribution in [0.4, 0.5) is 5.69 Å². The number of isocyanates is 1. The van der Waals surface area contributed by atoms with Crippen molar-refractivity contribution in [2.75, 3.05) is 0 Å². The van der Waals surface area contributed by atoms with Crippen molar-refractivity contribution in [1.29, 1.82) is 0 Å². The number of hydrogen-bond donors (Lipinski definition) is 0. The Morgan fingerprint density at radius 3 is 2.57 bits per heavy atom. The van der Waals surface area contributed by atoms with Gasteiger partial charge in [-0.15, -0.1) is 11.3 Å². The van der Waals surface area contributed by atoms with Gasteiger partial charge >= 0.3 is 0 Å². The summed E-state index contributed by atoms with van der Waals surface area (Å²) in [6.45, 7) is 2.07. The molecule has 0 fully saturated rings. The van der Waals surface area contributed by atoms with Gasteiger partial charge < -0.3 is 0 Å². The van der Waals surface area contributed by atoms with Crippen LogP contribution in [-0.4, -0.2) is 11.1 Å². The quantitative estimate of drug-likeness (QED) is 0.516. The van der Waals surface area contributed by atoms with Gasteiger partial charge in [0.2, 0.25) is 6.08 Å². The molecular formula is C17H12N2OS. The van der Waals surface area contributed by atoms with Gasteiger partial charge in [-0.05, 0) is 19.1 Å². The molecule has 0 aliphatic carbocycles. The summed E-state index contributed by atoms with van der Waals surface area (Å²) in [5.41, 5.74) is 3.66. The molecule has 4 heteroatoms. The van der Waals surface area contributed by atoms with Gasteiger partial charge in [-0.1, -0.05) is 42.5 Å². The van der Waals surface area contributed by atoms with Crippen molar-refractivity contribution in [3.05, 3.63) is 59.5 Å². The number of aryl methyl sites for hydroxylation is 1. The molecule has 0 unspecified atom stereocenters. The van der Waals surface area contributed by atoms with Crippen molar-refractivity contribution in [2.45, 2.75) is 6.92 Å². The second-order valence-electron chi connectivity index (χ2n) is 4.54. The summed E-state index contributed by atoms with van der Waals surface area (Å²) in [5, 5.41) is 0.925. The van der Waals surface area contributed by atoms with Crippen molar-refractivity contribution in [3.63, 3.8) is 0 Å². The smallest absolute Gasteiger partial charge is 0.236 e. The van der Waals surface area contributed by atoms with Gasteiger partial charge in [0.05, 0.1) is 11.4 Å². The molecule has 3 rings (SSSR count). The maximum Gasteiger partial charge on any atom is 0.240 e. The Morgan fingerprint density at radius 2 is 1.81 bits per heavy atom. The van der Waals surface area contributed by atoms with Gasteiger partial charge in [0.15, 0.2) is 0 Å². The molecule has 102 valence electrons. The zero-order chi connectivity index (χ0) is 14.7. The van der Waals surface area contributed by atoms with Gasteiger partial charge in [-0.25, -0.2) is 9.78 Å². The molecule has 0 saturated carbocycles. The Morgan fingerprint density at radius 1 is 1.05 bits per heavy atom. The van der Waals surface area contributed by atoms with Crippen LogP contribution in [0.25, 0.3) is 21.8 Å². The molecule has 0 aliphatic rings. The lowest BCUT2D eigenvalue weighted by Crippen LogP contribution is -1.80. The van der Waals surface area contributed by atoms with Gasteiger partial charge in [-0.2, -0.15) is 4.99 Å². The first kappa shape index (κ1) is 13.4. The summed E-state index contributed by atoms with van der Waals surface area (Å²) < 4.78 is 0. The van der Waals surface area contributed by atoms with E-state index in [1.54, 1.807) is 23.5 Å². The largest absolute Gasteiger partial charge is 0.240 e. The fourth-order valence-corrected chi connectivity index (χ4v) is 3.08. The highest BCUT2D eigenvalue weighted by Gasteiger charge is 2.11. The SMILES string of the molecule is Cc1sc(-c2cccc(N=C=O)c2)nc1-c1ccccc1. The van der Waals surface area contributed by atoms with Crippen molar-refractivity contribution >= 4 is 23.1 Å². The van der Waals surface area contributed by atoms with Crippen LogP contribution in [0.2, 0.25) is 0 Å². The second-order valence-corrected chi connectivity index (χ2v) is 5.75. The number of carbonyl (C=O) groups excluding carboxylic acids is 1. The monoisotopic (exact) mass is 292 g/mol. The summed E-state index contributed by atoms with van der Waals surface area (Å²) >= 11 is 1.64. The standard InChI is InChI=1S/C17H12N2OS/c1-12-16(13-6-3-2-4-7-13)19-17(21-12)14-8-5-9-15(10-14)18-11-20/h2-10H,1H3.